The zero-order valence-corrected chi connectivity index (χ0v) is 10.2. The SMILES string of the molecule is Cc1cc(Br)ccc1OC(=O)C1CCC1. The van der Waals surface area contributed by atoms with Gasteiger partial charge in [0.05, 0.1) is 5.92 Å². The third-order valence-electron chi connectivity index (χ3n) is 2.79. The zero-order valence-electron chi connectivity index (χ0n) is 8.63. The Morgan fingerprint density at radius 2 is 2.20 bits per heavy atom. The monoisotopic (exact) mass is 268 g/mol. The molecule has 1 saturated carbocycles. The van der Waals surface area contributed by atoms with E-state index in [0.29, 0.717) is 5.75 Å². The van der Waals surface area contributed by atoms with Crippen LogP contribution in [0.3, 0.4) is 0 Å². The topological polar surface area (TPSA) is 26.3 Å². The molecule has 0 saturated heterocycles. The Bertz CT molecular complexity index is 383. The molecule has 0 aromatic heterocycles. The summed E-state index contributed by atoms with van der Waals surface area (Å²) in [5.41, 5.74) is 0.983. The molecule has 0 radical (unpaired) electrons. The maximum absolute atomic E-state index is 11.6. The second-order valence-corrected chi connectivity index (χ2v) is 4.87. The first-order valence-corrected chi connectivity index (χ1v) is 5.94. The van der Waals surface area contributed by atoms with E-state index in [1.807, 2.05) is 25.1 Å². The predicted molar refractivity (Wildman–Crippen MR) is 61.9 cm³/mol. The van der Waals surface area contributed by atoms with E-state index in [2.05, 4.69) is 15.9 Å². The highest BCUT2D eigenvalue weighted by Crippen LogP contribution is 2.29. The van der Waals surface area contributed by atoms with Crippen LogP contribution in [-0.4, -0.2) is 5.97 Å². The van der Waals surface area contributed by atoms with Gasteiger partial charge in [0, 0.05) is 4.47 Å². The molecule has 0 amide bonds. The lowest BCUT2D eigenvalue weighted by molar-refractivity contribution is -0.141. The fourth-order valence-corrected chi connectivity index (χ4v) is 2.04. The van der Waals surface area contributed by atoms with Crippen molar-refractivity contribution in [1.82, 2.24) is 0 Å². The van der Waals surface area contributed by atoms with Crippen LogP contribution in [0.25, 0.3) is 0 Å². The van der Waals surface area contributed by atoms with Crippen LogP contribution in [0.1, 0.15) is 24.8 Å². The van der Waals surface area contributed by atoms with Crippen LogP contribution in [0.15, 0.2) is 22.7 Å². The van der Waals surface area contributed by atoms with Crippen LogP contribution >= 0.6 is 15.9 Å². The second kappa shape index (κ2) is 4.35. The summed E-state index contributed by atoms with van der Waals surface area (Å²) in [6.07, 6.45) is 3.11. The third-order valence-corrected chi connectivity index (χ3v) is 3.28. The number of rotatable bonds is 2. The summed E-state index contributed by atoms with van der Waals surface area (Å²) in [5, 5.41) is 0. The smallest absolute Gasteiger partial charge is 0.314 e. The van der Waals surface area contributed by atoms with E-state index in [1.165, 1.54) is 0 Å². The number of esters is 1. The molecule has 1 aromatic rings. The van der Waals surface area contributed by atoms with E-state index in [0.717, 1.165) is 29.3 Å². The Morgan fingerprint density at radius 1 is 1.47 bits per heavy atom. The van der Waals surface area contributed by atoms with Crippen LogP contribution in [0.4, 0.5) is 0 Å². The maximum atomic E-state index is 11.6. The van der Waals surface area contributed by atoms with Crippen molar-refractivity contribution in [3.8, 4) is 5.75 Å². The number of carbonyl (C=O) groups excluding carboxylic acids is 1. The molecule has 0 unspecified atom stereocenters. The normalized spacial score (nSPS) is 15.9. The largest absolute Gasteiger partial charge is 0.426 e. The van der Waals surface area contributed by atoms with Gasteiger partial charge in [0.25, 0.3) is 0 Å². The van der Waals surface area contributed by atoms with Gasteiger partial charge < -0.3 is 4.74 Å². The van der Waals surface area contributed by atoms with Gasteiger partial charge in [-0.15, -0.1) is 0 Å². The second-order valence-electron chi connectivity index (χ2n) is 3.96. The van der Waals surface area contributed by atoms with Crippen molar-refractivity contribution in [2.45, 2.75) is 26.2 Å². The standard InChI is InChI=1S/C12H13BrO2/c1-8-7-10(13)5-6-11(8)15-12(14)9-3-2-4-9/h5-7,9H,2-4H2,1H3. The molecule has 0 heterocycles. The van der Waals surface area contributed by atoms with E-state index in [-0.39, 0.29) is 11.9 Å². The first kappa shape index (κ1) is 10.7. The van der Waals surface area contributed by atoms with Crippen molar-refractivity contribution in [3.63, 3.8) is 0 Å². The highest BCUT2D eigenvalue weighted by molar-refractivity contribution is 9.10. The Balaban J connectivity index is 2.06. The molecule has 1 aliphatic rings. The van der Waals surface area contributed by atoms with Gasteiger partial charge in [-0.05, 0) is 43.5 Å². The molecule has 0 bridgehead atoms. The molecule has 0 aliphatic heterocycles. The highest BCUT2D eigenvalue weighted by Gasteiger charge is 2.27. The molecule has 3 heteroatoms. The minimum Gasteiger partial charge on any atom is -0.426 e. The van der Waals surface area contributed by atoms with Crippen molar-refractivity contribution < 1.29 is 9.53 Å². The summed E-state index contributed by atoms with van der Waals surface area (Å²) in [4.78, 5) is 11.6. The lowest BCUT2D eigenvalue weighted by Gasteiger charge is -2.23. The molecule has 1 fully saturated rings. The fraction of sp³-hybridized carbons (Fsp3) is 0.417. The molecule has 0 N–H and O–H groups in total. The van der Waals surface area contributed by atoms with Crippen LogP contribution in [0.2, 0.25) is 0 Å². The quantitative estimate of drug-likeness (QED) is 0.607. The van der Waals surface area contributed by atoms with Crippen molar-refractivity contribution in [2.75, 3.05) is 0 Å². The van der Waals surface area contributed by atoms with E-state index in [9.17, 15) is 4.79 Å². The first-order valence-electron chi connectivity index (χ1n) is 5.14. The molecule has 0 atom stereocenters. The maximum Gasteiger partial charge on any atom is 0.314 e. The van der Waals surface area contributed by atoms with E-state index >= 15 is 0 Å². The third kappa shape index (κ3) is 2.40. The van der Waals surface area contributed by atoms with E-state index in [4.69, 9.17) is 4.74 Å². The zero-order chi connectivity index (χ0) is 10.8. The van der Waals surface area contributed by atoms with E-state index < -0.39 is 0 Å². The van der Waals surface area contributed by atoms with Crippen molar-refractivity contribution in [1.29, 1.82) is 0 Å². The molecule has 1 aromatic carbocycles. The van der Waals surface area contributed by atoms with Crippen molar-refractivity contribution in [2.24, 2.45) is 5.92 Å². The summed E-state index contributed by atoms with van der Waals surface area (Å²) < 4.78 is 6.35. The molecule has 1 aliphatic carbocycles. The summed E-state index contributed by atoms with van der Waals surface area (Å²) in [6, 6.07) is 5.66. The molecule has 15 heavy (non-hydrogen) atoms. The van der Waals surface area contributed by atoms with E-state index in [1.54, 1.807) is 0 Å². The lowest BCUT2D eigenvalue weighted by Crippen LogP contribution is -2.26. The Morgan fingerprint density at radius 3 is 2.73 bits per heavy atom. The summed E-state index contributed by atoms with van der Waals surface area (Å²) in [6.45, 7) is 1.94. The molecular weight excluding hydrogens is 256 g/mol. The van der Waals surface area contributed by atoms with Crippen molar-refractivity contribution in [3.05, 3.63) is 28.2 Å². The fourth-order valence-electron chi connectivity index (χ4n) is 1.56. The van der Waals surface area contributed by atoms with Gasteiger partial charge in [0.1, 0.15) is 5.75 Å². The number of hydrogen-bond donors (Lipinski definition) is 0. The number of carbonyl (C=O) groups is 1. The Hall–Kier alpha value is -0.830. The van der Waals surface area contributed by atoms with Gasteiger partial charge in [0.15, 0.2) is 0 Å². The molecule has 2 nitrogen and oxygen atoms in total. The number of benzene rings is 1. The minimum atomic E-state index is -0.0772. The molecule has 0 spiro atoms. The minimum absolute atomic E-state index is 0.0772. The number of ether oxygens (including phenoxy) is 1. The van der Waals surface area contributed by atoms with Crippen LogP contribution < -0.4 is 4.74 Å². The van der Waals surface area contributed by atoms with Gasteiger partial charge in [-0.3, -0.25) is 4.79 Å². The van der Waals surface area contributed by atoms with Crippen molar-refractivity contribution >= 4 is 21.9 Å². The average Bonchev–Trinajstić information content (AvgIpc) is 2.07. The molecule has 2 rings (SSSR count). The summed E-state index contributed by atoms with van der Waals surface area (Å²) in [5.74, 6) is 0.731. The number of halogens is 1. The lowest BCUT2D eigenvalue weighted by atomic mass is 9.86. The predicted octanol–water partition coefficient (Wildman–Crippen LogP) is 3.46. The Labute approximate surface area is 97.8 Å². The van der Waals surface area contributed by atoms with Gasteiger partial charge in [-0.1, -0.05) is 22.4 Å². The van der Waals surface area contributed by atoms with Gasteiger partial charge in [0.2, 0.25) is 0 Å². The summed E-state index contributed by atoms with van der Waals surface area (Å²) in [7, 11) is 0. The van der Waals surface area contributed by atoms with Crippen LogP contribution in [-0.2, 0) is 4.79 Å². The highest BCUT2D eigenvalue weighted by atomic mass is 79.9. The van der Waals surface area contributed by atoms with Crippen LogP contribution in [0.5, 0.6) is 5.75 Å². The van der Waals surface area contributed by atoms with Crippen LogP contribution in [0, 0.1) is 12.8 Å². The molecular formula is C12H13BrO2. The van der Waals surface area contributed by atoms with Gasteiger partial charge in [-0.2, -0.15) is 0 Å². The number of aryl methyl sites for hydroxylation is 1. The van der Waals surface area contributed by atoms with Gasteiger partial charge >= 0.3 is 5.97 Å². The molecule has 80 valence electrons. The van der Waals surface area contributed by atoms with Gasteiger partial charge in [-0.25, -0.2) is 0 Å². The average molecular weight is 269 g/mol. The number of hydrogen-bond acceptors (Lipinski definition) is 2. The summed E-state index contributed by atoms with van der Waals surface area (Å²) >= 11 is 3.38. The first-order chi connectivity index (χ1) is 7.16. The Kier molecular flexibility index (Phi) is 3.10.